The maximum Gasteiger partial charge on any atom is 0.312 e. The normalized spacial score (nSPS) is 10.8. The highest BCUT2D eigenvalue weighted by Gasteiger charge is 2.21. The van der Waals surface area contributed by atoms with Gasteiger partial charge in [0.25, 0.3) is 16.7 Å². The quantitative estimate of drug-likeness (QED) is 0.0105. The number of nitrogens with zero attached hydrogens (tertiary/aromatic N) is 11. The van der Waals surface area contributed by atoms with Crippen LogP contribution in [0.5, 0.6) is 28.7 Å². The number of H-pyrrole nitrogens is 4. The van der Waals surface area contributed by atoms with Gasteiger partial charge in [0.1, 0.15) is 58.9 Å². The third kappa shape index (κ3) is 21.4. The van der Waals surface area contributed by atoms with Crippen LogP contribution in [0.2, 0.25) is 0 Å². The molecule has 116 heavy (non-hydrogen) atoms. The zero-order valence-corrected chi connectivity index (χ0v) is 64.9. The van der Waals surface area contributed by atoms with Gasteiger partial charge in [0.05, 0.1) is 77.0 Å². The summed E-state index contributed by atoms with van der Waals surface area (Å²) in [5, 5.41) is 35.4. The molecular formula is C85H86N16O15. The molecule has 0 aliphatic heterocycles. The topological polar surface area (TPSA) is 419 Å². The summed E-state index contributed by atoms with van der Waals surface area (Å²) in [6.45, 7) is 12.1. The second-order valence-electron chi connectivity index (χ2n) is 25.8. The average molecular weight is 1570 g/mol. The lowest BCUT2D eigenvalue weighted by Crippen LogP contribution is -2.12. The molecule has 0 aliphatic carbocycles. The van der Waals surface area contributed by atoms with Crippen molar-refractivity contribution in [2.45, 2.75) is 92.7 Å². The van der Waals surface area contributed by atoms with Crippen molar-refractivity contribution >= 4 is 63.4 Å². The number of hydrogen-bond acceptors (Lipinski definition) is 24. The number of nitrogens with two attached hydrogens (primary N) is 1. The van der Waals surface area contributed by atoms with E-state index in [0.29, 0.717) is 140 Å². The Balaban J connectivity index is 0.000000165. The molecule has 0 spiro atoms. The maximum absolute atomic E-state index is 13.0. The highest BCUT2D eigenvalue weighted by atomic mass is 16.5. The fourth-order valence-corrected chi connectivity index (χ4v) is 12.3. The number of carbonyl (C=O) groups excluding carboxylic acids is 3. The van der Waals surface area contributed by atoms with Crippen LogP contribution in [0.15, 0.2) is 190 Å². The van der Waals surface area contributed by atoms with Crippen LogP contribution >= 0.6 is 0 Å². The van der Waals surface area contributed by atoms with E-state index in [1.807, 2.05) is 191 Å². The van der Waals surface area contributed by atoms with Crippen molar-refractivity contribution in [2.24, 2.45) is 0 Å². The van der Waals surface area contributed by atoms with Crippen molar-refractivity contribution in [3.05, 3.63) is 229 Å². The van der Waals surface area contributed by atoms with Crippen LogP contribution in [0.4, 0.5) is 5.69 Å². The lowest BCUT2D eigenvalue weighted by molar-refractivity contribution is -0.144. The number of aryl methyl sites for hydroxylation is 2. The minimum atomic E-state index is -0.788. The number of carboxylic acids is 1. The number of rotatable bonds is 30. The fourth-order valence-electron chi connectivity index (χ4n) is 12.3. The van der Waals surface area contributed by atoms with Crippen LogP contribution in [0.3, 0.4) is 0 Å². The molecule has 0 amide bonds. The largest absolute Gasteiger partial charge is 0.497 e. The smallest absolute Gasteiger partial charge is 0.312 e. The highest BCUT2D eigenvalue weighted by Crippen LogP contribution is 2.37. The first-order valence-electron chi connectivity index (χ1n) is 37.5. The van der Waals surface area contributed by atoms with Crippen molar-refractivity contribution < 1.29 is 57.4 Å². The Labute approximate surface area is 664 Å². The van der Waals surface area contributed by atoms with Gasteiger partial charge in [0, 0.05) is 18.5 Å². The van der Waals surface area contributed by atoms with Gasteiger partial charge >= 0.3 is 17.9 Å². The second-order valence-corrected chi connectivity index (χ2v) is 25.8. The minimum absolute atomic E-state index is 0.131. The van der Waals surface area contributed by atoms with Crippen LogP contribution in [-0.2, 0) is 54.6 Å². The summed E-state index contributed by atoms with van der Waals surface area (Å²) in [4.78, 5) is 103. The summed E-state index contributed by atoms with van der Waals surface area (Å²) < 4.78 is 40.9. The number of carbonyl (C=O) groups is 4. The van der Waals surface area contributed by atoms with E-state index >= 15 is 0 Å². The van der Waals surface area contributed by atoms with Crippen molar-refractivity contribution in [1.29, 1.82) is 0 Å². The number of benzene rings is 8. The van der Waals surface area contributed by atoms with E-state index in [4.69, 9.17) is 49.2 Å². The van der Waals surface area contributed by atoms with E-state index in [2.05, 4.69) is 72.8 Å². The number of ether oxygens (including phenoxy) is 7. The first kappa shape index (κ1) is 82.4. The SMILES string of the molecule is CCOC(=O)CC=O.CCOC(=O)CCCc1cccc(-c2ccc(-c3nc4c(nnn4Cc4ccc(OC)cc4)c(=O)[nH]3)c(OCC)c2)c1.CCOc1cc(-c2cccc(CCCC(=O)O)c2)ccc1-c1nc2n[nH]nc2c(=O)[nH]1.CCOc1cc(-c2cccc(N)c2)ccc1-c1nc2c(nnn2Cc2ccc(OC)cc2)c(=O)[nH]1. The second kappa shape index (κ2) is 40.1. The predicted octanol–water partition coefficient (Wildman–Crippen LogP) is 12.4. The summed E-state index contributed by atoms with van der Waals surface area (Å²) in [6.07, 6.45) is 3.71. The van der Waals surface area contributed by atoms with E-state index < -0.39 is 11.9 Å². The van der Waals surface area contributed by atoms with E-state index in [9.17, 15) is 33.6 Å². The molecule has 14 rings (SSSR count). The first-order chi connectivity index (χ1) is 56.4. The van der Waals surface area contributed by atoms with E-state index in [0.717, 1.165) is 80.0 Å². The van der Waals surface area contributed by atoms with Gasteiger partial charge in [-0.1, -0.05) is 114 Å². The molecule has 0 bridgehead atoms. The molecule has 0 saturated heterocycles. The highest BCUT2D eigenvalue weighted by molar-refractivity contribution is 5.84. The maximum atomic E-state index is 13.0. The Morgan fingerprint density at radius 1 is 0.457 bits per heavy atom. The average Bonchev–Trinajstić information content (AvgIpc) is 1.55. The van der Waals surface area contributed by atoms with E-state index in [1.165, 1.54) is 0 Å². The van der Waals surface area contributed by atoms with Crippen LogP contribution < -0.4 is 46.1 Å². The number of hydrogen-bond donors (Lipinski definition) is 6. The van der Waals surface area contributed by atoms with Gasteiger partial charge in [-0.25, -0.2) is 24.3 Å². The zero-order valence-electron chi connectivity index (χ0n) is 64.9. The number of nitrogen functional groups attached to an aromatic ring is 1. The van der Waals surface area contributed by atoms with Gasteiger partial charge in [-0.05, 0) is 189 Å². The molecule has 31 heteroatoms. The van der Waals surface area contributed by atoms with Gasteiger partial charge in [-0.2, -0.15) is 5.21 Å². The van der Waals surface area contributed by atoms with Crippen LogP contribution in [0.1, 0.15) is 89.0 Å². The van der Waals surface area contributed by atoms with Crippen molar-refractivity contribution in [2.75, 3.05) is 53.0 Å². The molecule has 0 atom stereocenters. The number of aliphatic carboxylic acids is 1. The summed E-state index contributed by atoms with van der Waals surface area (Å²) in [5.41, 5.74) is 19.0. The summed E-state index contributed by atoms with van der Waals surface area (Å²) in [5.74, 6) is 2.98. The number of anilines is 1. The minimum Gasteiger partial charge on any atom is -0.497 e. The number of aromatic nitrogens is 15. The number of esters is 2. The van der Waals surface area contributed by atoms with Gasteiger partial charge in [0.15, 0.2) is 27.8 Å². The number of methoxy groups -OCH3 is 2. The zero-order chi connectivity index (χ0) is 82.0. The number of fused-ring (bicyclic) bond motifs is 3. The van der Waals surface area contributed by atoms with Gasteiger partial charge in [-0.3, -0.25) is 28.8 Å². The predicted molar refractivity (Wildman–Crippen MR) is 436 cm³/mol. The molecule has 0 saturated carbocycles. The molecule has 8 aromatic carbocycles. The lowest BCUT2D eigenvalue weighted by atomic mass is 9.99. The first-order valence-corrected chi connectivity index (χ1v) is 37.5. The summed E-state index contributed by atoms with van der Waals surface area (Å²) >= 11 is 0. The Kier molecular flexibility index (Phi) is 28.5. The van der Waals surface area contributed by atoms with E-state index in [1.54, 1.807) is 30.5 Å². The lowest BCUT2D eigenvalue weighted by Gasteiger charge is -2.13. The Morgan fingerprint density at radius 2 is 0.871 bits per heavy atom. The van der Waals surface area contributed by atoms with Gasteiger partial charge < -0.3 is 63.7 Å². The number of aromatic amines is 4. The van der Waals surface area contributed by atoms with Gasteiger partial charge in [0.2, 0.25) is 5.65 Å². The summed E-state index contributed by atoms with van der Waals surface area (Å²) in [6, 6.07) is 56.3. The monoisotopic (exact) mass is 1570 g/mol. The molecule has 7 N–H and O–H groups in total. The standard InChI is InChI=1S/C32H33N5O5.C26H24N6O3.C22H21N5O4.C5H8O3/c1-4-41-27-19-24(23-10-6-8-21(18-23)9-7-11-28(38)42-5-2)14-17-26(27)30-33-31-29(32(39)34-30)35-36-37(31)20-22-12-15-25(40-3)16-13-22;1-3-35-22-14-18(17-5-4-6-19(27)13-17)9-12-21(22)24-28-25-23(26(33)29-24)30-31-32(25)15-16-7-10-20(34-2)11-8-16;1-2-31-17-12-15(14-7-3-5-13(11-14)6-4-8-18(28)29)9-10-16(17)20-23-21-19(22(30)24-20)25-27-26-21;1-2-8-5(7)3-4-6/h6,8,10,12-19H,4-5,7,9,11,20H2,1-3H3,(H,33,34,39);4-14H,3,15,27H2,1-2H3,(H,28,29,33);3,5,7,9-12H,2,4,6,8H2,1H3,(H,28,29)(H2,23,24,25,26,27,30);4H,2-3H2,1H3. The molecule has 596 valence electrons. The fraction of sp³-hybridized carbons (Fsp3) is 0.247. The van der Waals surface area contributed by atoms with Crippen LogP contribution in [0, 0.1) is 0 Å². The molecule has 6 heterocycles. The molecular weight excluding hydrogens is 1490 g/mol. The van der Waals surface area contributed by atoms with Crippen molar-refractivity contribution in [3.8, 4) is 96.3 Å². The molecule has 6 aromatic heterocycles. The van der Waals surface area contributed by atoms with Crippen LogP contribution in [0.25, 0.3) is 101 Å². The Bertz CT molecular complexity index is 5940. The molecule has 14 aromatic rings. The van der Waals surface area contributed by atoms with Crippen molar-refractivity contribution in [3.63, 3.8) is 0 Å². The molecule has 0 aliphatic rings. The number of carboxylic acid groups (broad SMARTS) is 1. The third-order valence-corrected chi connectivity index (χ3v) is 17.8. The molecule has 31 nitrogen and oxygen atoms in total. The number of nitrogens with one attached hydrogen (secondary N) is 4. The molecule has 0 radical (unpaired) electrons. The Hall–Kier alpha value is -14.5. The Morgan fingerprint density at radius 3 is 1.29 bits per heavy atom. The third-order valence-electron chi connectivity index (χ3n) is 17.8. The number of aldehydes is 1. The molecule has 0 fully saturated rings. The summed E-state index contributed by atoms with van der Waals surface area (Å²) in [7, 11) is 3.24. The van der Waals surface area contributed by atoms with E-state index in [-0.39, 0.29) is 57.7 Å². The van der Waals surface area contributed by atoms with Crippen LogP contribution in [-0.4, -0.2) is 152 Å². The van der Waals surface area contributed by atoms with Crippen molar-refractivity contribution in [1.82, 2.24) is 75.3 Å². The van der Waals surface area contributed by atoms with Gasteiger partial charge in [-0.15, -0.1) is 20.4 Å². The molecule has 0 unspecified atom stereocenters.